The summed E-state index contributed by atoms with van der Waals surface area (Å²) in [6.45, 7) is 2.56. The maximum Gasteiger partial charge on any atom is 0.258 e. The van der Waals surface area contributed by atoms with Crippen molar-refractivity contribution in [1.29, 1.82) is 0 Å². The van der Waals surface area contributed by atoms with Crippen LogP contribution in [0.25, 0.3) is 0 Å². The van der Waals surface area contributed by atoms with Crippen LogP contribution < -0.4 is 4.90 Å². The van der Waals surface area contributed by atoms with Crippen LogP contribution in [-0.4, -0.2) is 29.1 Å². The largest absolute Gasteiger partial charge is 0.392 e. The van der Waals surface area contributed by atoms with Crippen LogP contribution in [0.4, 0.5) is 14.6 Å². The first kappa shape index (κ1) is 10.9. The van der Waals surface area contributed by atoms with Crippen molar-refractivity contribution < 1.29 is 13.9 Å². The summed E-state index contributed by atoms with van der Waals surface area (Å²) in [7, 11) is 0. The van der Waals surface area contributed by atoms with Crippen LogP contribution in [0.2, 0.25) is 0 Å². The third-order valence-electron chi connectivity index (χ3n) is 3.87. The van der Waals surface area contributed by atoms with E-state index in [2.05, 4.69) is 4.98 Å². The Morgan fingerprint density at radius 3 is 2.59 bits per heavy atom. The van der Waals surface area contributed by atoms with Crippen LogP contribution in [0.15, 0.2) is 12.1 Å². The average molecular weight is 240 g/mol. The lowest BCUT2D eigenvalue weighted by Gasteiger charge is -2.21. The molecule has 0 radical (unpaired) electrons. The molecule has 2 aliphatic rings. The maximum absolute atomic E-state index is 13.0. The second kappa shape index (κ2) is 3.38. The summed E-state index contributed by atoms with van der Waals surface area (Å²) in [5.41, 5.74) is 1.54. The molecule has 1 aliphatic heterocycles. The van der Waals surface area contributed by atoms with E-state index in [9.17, 15) is 8.78 Å². The van der Waals surface area contributed by atoms with Crippen molar-refractivity contribution in [2.75, 3.05) is 18.0 Å². The minimum absolute atomic E-state index is 0.0393. The fourth-order valence-electron chi connectivity index (χ4n) is 2.61. The van der Waals surface area contributed by atoms with Gasteiger partial charge in [0.1, 0.15) is 5.82 Å². The zero-order chi connectivity index (χ0) is 12.2. The molecule has 1 aromatic heterocycles. The smallest absolute Gasteiger partial charge is 0.258 e. The second-order valence-corrected chi connectivity index (χ2v) is 4.86. The van der Waals surface area contributed by atoms with Gasteiger partial charge in [-0.05, 0) is 18.6 Å². The molecular weight excluding hydrogens is 226 g/mol. The first-order valence-corrected chi connectivity index (χ1v) is 5.74. The van der Waals surface area contributed by atoms with Gasteiger partial charge in [-0.1, -0.05) is 6.07 Å². The summed E-state index contributed by atoms with van der Waals surface area (Å²) in [6, 6.07) is 3.60. The van der Waals surface area contributed by atoms with E-state index < -0.39 is 17.8 Å². The van der Waals surface area contributed by atoms with Crippen LogP contribution in [-0.2, 0) is 6.61 Å². The Balaban J connectivity index is 1.77. The molecule has 92 valence electrons. The number of hydrogen-bond acceptors (Lipinski definition) is 3. The van der Waals surface area contributed by atoms with Crippen molar-refractivity contribution >= 4 is 5.82 Å². The summed E-state index contributed by atoms with van der Waals surface area (Å²) in [5, 5.41) is 9.04. The SMILES string of the molecule is Cc1nc(N2CC3[C@H](C2)C3(F)F)ccc1CO. The monoisotopic (exact) mass is 240 g/mol. The highest BCUT2D eigenvalue weighted by Crippen LogP contribution is 2.59. The molecule has 2 heterocycles. The van der Waals surface area contributed by atoms with Crippen molar-refractivity contribution in [3.8, 4) is 0 Å². The fraction of sp³-hybridized carbons (Fsp3) is 0.583. The number of nitrogens with zero attached hydrogens (tertiary/aromatic N) is 2. The number of alkyl halides is 2. The Morgan fingerprint density at radius 2 is 2.06 bits per heavy atom. The van der Waals surface area contributed by atoms with Gasteiger partial charge in [-0.2, -0.15) is 0 Å². The van der Waals surface area contributed by atoms with Crippen molar-refractivity contribution in [3.05, 3.63) is 23.4 Å². The van der Waals surface area contributed by atoms with Crippen LogP contribution in [0.1, 0.15) is 11.3 Å². The lowest BCUT2D eigenvalue weighted by molar-refractivity contribution is 0.0797. The van der Waals surface area contributed by atoms with Gasteiger partial charge in [0.25, 0.3) is 5.92 Å². The maximum atomic E-state index is 13.0. The summed E-state index contributed by atoms with van der Waals surface area (Å²) in [6.07, 6.45) is 0. The molecule has 1 aromatic rings. The summed E-state index contributed by atoms with van der Waals surface area (Å²) < 4.78 is 26.1. The number of aliphatic hydroxyl groups is 1. The van der Waals surface area contributed by atoms with Crippen LogP contribution in [0.5, 0.6) is 0 Å². The number of anilines is 1. The normalized spacial score (nSPS) is 29.3. The molecule has 1 saturated heterocycles. The third kappa shape index (κ3) is 1.52. The number of aryl methyl sites for hydroxylation is 1. The molecule has 2 atom stereocenters. The number of pyridine rings is 1. The Labute approximate surface area is 98.1 Å². The number of halogens is 2. The van der Waals surface area contributed by atoms with Gasteiger partial charge >= 0.3 is 0 Å². The van der Waals surface area contributed by atoms with E-state index in [-0.39, 0.29) is 6.61 Å². The molecule has 1 unspecified atom stereocenters. The first-order chi connectivity index (χ1) is 8.04. The number of aliphatic hydroxyl groups excluding tert-OH is 1. The summed E-state index contributed by atoms with van der Waals surface area (Å²) >= 11 is 0. The Morgan fingerprint density at radius 1 is 1.41 bits per heavy atom. The number of piperidine rings is 1. The highest BCUT2D eigenvalue weighted by molar-refractivity contribution is 5.45. The van der Waals surface area contributed by atoms with Gasteiger partial charge < -0.3 is 10.0 Å². The molecule has 0 aromatic carbocycles. The second-order valence-electron chi connectivity index (χ2n) is 4.86. The molecule has 17 heavy (non-hydrogen) atoms. The number of fused-ring (bicyclic) bond motifs is 1. The first-order valence-electron chi connectivity index (χ1n) is 5.74. The van der Waals surface area contributed by atoms with Gasteiger partial charge in [-0.25, -0.2) is 13.8 Å². The van der Waals surface area contributed by atoms with E-state index in [1.807, 2.05) is 11.8 Å². The summed E-state index contributed by atoms with van der Waals surface area (Å²) in [4.78, 5) is 6.25. The Kier molecular flexibility index (Phi) is 2.17. The zero-order valence-electron chi connectivity index (χ0n) is 9.53. The predicted molar refractivity (Wildman–Crippen MR) is 59.0 cm³/mol. The number of rotatable bonds is 2. The minimum atomic E-state index is -2.45. The molecule has 1 saturated carbocycles. The van der Waals surface area contributed by atoms with Crippen molar-refractivity contribution in [2.45, 2.75) is 19.5 Å². The molecule has 0 spiro atoms. The van der Waals surface area contributed by atoms with E-state index in [1.54, 1.807) is 12.1 Å². The van der Waals surface area contributed by atoms with Gasteiger partial charge in [0.15, 0.2) is 0 Å². The average Bonchev–Trinajstić information content (AvgIpc) is 2.70. The van der Waals surface area contributed by atoms with Gasteiger partial charge in [-0.15, -0.1) is 0 Å². The van der Waals surface area contributed by atoms with Crippen molar-refractivity contribution in [2.24, 2.45) is 11.8 Å². The predicted octanol–water partition coefficient (Wildman–Crippen LogP) is 1.58. The van der Waals surface area contributed by atoms with Crippen molar-refractivity contribution in [1.82, 2.24) is 4.98 Å². The van der Waals surface area contributed by atoms with Crippen molar-refractivity contribution in [3.63, 3.8) is 0 Å². The number of aromatic nitrogens is 1. The highest BCUT2D eigenvalue weighted by Gasteiger charge is 2.71. The van der Waals surface area contributed by atoms with E-state index in [0.29, 0.717) is 13.1 Å². The van der Waals surface area contributed by atoms with Gasteiger partial charge in [0, 0.05) is 18.8 Å². The molecule has 3 nitrogen and oxygen atoms in total. The quantitative estimate of drug-likeness (QED) is 0.852. The molecule has 1 N–H and O–H groups in total. The molecule has 0 amide bonds. The Hall–Kier alpha value is -1.23. The zero-order valence-corrected chi connectivity index (χ0v) is 9.53. The minimum Gasteiger partial charge on any atom is -0.392 e. The lowest BCUT2D eigenvalue weighted by Crippen LogP contribution is -2.28. The highest BCUT2D eigenvalue weighted by atomic mass is 19.3. The van der Waals surface area contributed by atoms with E-state index in [1.165, 1.54) is 0 Å². The third-order valence-corrected chi connectivity index (χ3v) is 3.87. The molecule has 5 heteroatoms. The fourth-order valence-corrected chi connectivity index (χ4v) is 2.61. The molecular formula is C12H14F2N2O. The Bertz CT molecular complexity index is 450. The standard InChI is InChI=1S/C12H14F2N2O/c1-7-8(6-17)2-3-11(15-7)16-4-9-10(5-16)12(9,13)14/h2-3,9-10,17H,4-6H2,1H3/t9-,10?/m0/s1. The van der Waals surface area contributed by atoms with Gasteiger partial charge in [0.2, 0.25) is 0 Å². The number of hydrogen-bond donors (Lipinski definition) is 1. The van der Waals surface area contributed by atoms with Gasteiger partial charge in [-0.3, -0.25) is 0 Å². The van der Waals surface area contributed by atoms with Gasteiger partial charge in [0.05, 0.1) is 18.4 Å². The van der Waals surface area contributed by atoms with Crippen LogP contribution in [0, 0.1) is 18.8 Å². The van der Waals surface area contributed by atoms with Crippen LogP contribution >= 0.6 is 0 Å². The molecule has 0 bridgehead atoms. The van der Waals surface area contributed by atoms with E-state index in [4.69, 9.17) is 5.11 Å². The molecule has 1 aliphatic carbocycles. The molecule has 2 fully saturated rings. The van der Waals surface area contributed by atoms with Crippen LogP contribution in [0.3, 0.4) is 0 Å². The van der Waals surface area contributed by atoms with E-state index in [0.717, 1.165) is 17.1 Å². The topological polar surface area (TPSA) is 36.4 Å². The van der Waals surface area contributed by atoms with E-state index >= 15 is 0 Å². The molecule has 3 rings (SSSR count). The summed E-state index contributed by atoms with van der Waals surface area (Å²) in [5.74, 6) is -2.68. The lowest BCUT2D eigenvalue weighted by atomic mass is 10.2.